The van der Waals surface area contributed by atoms with Crippen molar-refractivity contribution in [2.45, 2.75) is 50.7 Å². The molecular weight excluding hydrogens is 549 g/mol. The summed E-state index contributed by atoms with van der Waals surface area (Å²) in [5.41, 5.74) is 0.839. The molecule has 0 aliphatic rings. The first kappa shape index (κ1) is 31.4. The minimum absolute atomic E-state index is 0.0345. The van der Waals surface area contributed by atoms with Crippen molar-refractivity contribution in [3.05, 3.63) is 84.2 Å². The van der Waals surface area contributed by atoms with Crippen LogP contribution in [-0.4, -0.2) is 58.0 Å². The zero-order chi connectivity index (χ0) is 30.2. The molecule has 11 heteroatoms. The second-order valence-corrected chi connectivity index (χ2v) is 11.4. The number of rotatable bonds is 13. The average molecular weight is 586 g/mol. The van der Waals surface area contributed by atoms with Crippen LogP contribution >= 0.6 is 0 Å². The number of methoxy groups -OCH3 is 2. The standard InChI is InChI=1S/C30H36FN3O6S/c1-6-21(2)32-30(36)22(3)33(19-23-12-14-24(31)15-13-23)29(35)20-34(25-10-8-7-9-11-25)41(37,38)26-16-17-27(39-4)28(18-26)40-5/h7-18,21-22H,6,19-20H2,1-5H3,(H,32,36)/t21-,22+/m0/s1. The molecule has 0 aliphatic heterocycles. The van der Waals surface area contributed by atoms with E-state index in [4.69, 9.17) is 9.47 Å². The first-order valence-electron chi connectivity index (χ1n) is 13.2. The second-order valence-electron chi connectivity index (χ2n) is 9.51. The molecule has 41 heavy (non-hydrogen) atoms. The van der Waals surface area contributed by atoms with Crippen LogP contribution in [0.5, 0.6) is 11.5 Å². The van der Waals surface area contributed by atoms with Crippen molar-refractivity contribution in [2.24, 2.45) is 0 Å². The van der Waals surface area contributed by atoms with Crippen LogP contribution in [0.2, 0.25) is 0 Å². The fourth-order valence-electron chi connectivity index (χ4n) is 4.06. The fourth-order valence-corrected chi connectivity index (χ4v) is 5.49. The molecular formula is C30H36FN3O6S. The Morgan fingerprint density at radius 3 is 2.15 bits per heavy atom. The normalized spacial score (nSPS) is 12.6. The van der Waals surface area contributed by atoms with Crippen molar-refractivity contribution < 1.29 is 31.9 Å². The molecule has 3 rings (SSSR count). The first-order chi connectivity index (χ1) is 19.5. The van der Waals surface area contributed by atoms with Crippen LogP contribution in [0.3, 0.4) is 0 Å². The van der Waals surface area contributed by atoms with Crippen molar-refractivity contribution in [3.8, 4) is 11.5 Å². The van der Waals surface area contributed by atoms with Crippen LogP contribution < -0.4 is 19.1 Å². The van der Waals surface area contributed by atoms with Gasteiger partial charge in [-0.3, -0.25) is 13.9 Å². The number of benzene rings is 3. The van der Waals surface area contributed by atoms with E-state index in [1.54, 1.807) is 37.3 Å². The lowest BCUT2D eigenvalue weighted by Crippen LogP contribution is -2.52. The van der Waals surface area contributed by atoms with Gasteiger partial charge in [0.25, 0.3) is 10.0 Å². The number of para-hydroxylation sites is 1. The van der Waals surface area contributed by atoms with Crippen LogP contribution in [0.15, 0.2) is 77.7 Å². The number of hydrogen-bond donors (Lipinski definition) is 1. The molecule has 0 aromatic heterocycles. The quantitative estimate of drug-likeness (QED) is 0.320. The van der Waals surface area contributed by atoms with Gasteiger partial charge >= 0.3 is 0 Å². The Morgan fingerprint density at radius 1 is 0.927 bits per heavy atom. The predicted octanol–water partition coefficient (Wildman–Crippen LogP) is 4.37. The van der Waals surface area contributed by atoms with Crippen molar-refractivity contribution in [1.82, 2.24) is 10.2 Å². The van der Waals surface area contributed by atoms with E-state index < -0.39 is 34.3 Å². The van der Waals surface area contributed by atoms with Gasteiger partial charge in [-0.1, -0.05) is 37.3 Å². The molecule has 0 spiro atoms. The van der Waals surface area contributed by atoms with Gasteiger partial charge in [-0.15, -0.1) is 0 Å². The molecule has 2 amide bonds. The smallest absolute Gasteiger partial charge is 0.264 e. The van der Waals surface area contributed by atoms with Gasteiger partial charge in [-0.25, -0.2) is 12.8 Å². The Labute approximate surface area is 240 Å². The maximum Gasteiger partial charge on any atom is 0.264 e. The van der Waals surface area contributed by atoms with E-state index in [0.29, 0.717) is 17.7 Å². The average Bonchev–Trinajstić information content (AvgIpc) is 2.98. The molecule has 3 aromatic rings. The van der Waals surface area contributed by atoms with Crippen LogP contribution in [0.1, 0.15) is 32.8 Å². The number of nitrogens with one attached hydrogen (secondary N) is 1. The van der Waals surface area contributed by atoms with Crippen LogP contribution in [0, 0.1) is 5.82 Å². The summed E-state index contributed by atoms with van der Waals surface area (Å²) in [6.45, 7) is 4.72. The number of nitrogens with zero attached hydrogens (tertiary/aromatic N) is 2. The van der Waals surface area contributed by atoms with Gasteiger partial charge in [0.05, 0.1) is 24.8 Å². The third kappa shape index (κ3) is 7.75. The van der Waals surface area contributed by atoms with Crippen molar-refractivity contribution in [1.29, 1.82) is 0 Å². The van der Waals surface area contributed by atoms with Gasteiger partial charge in [-0.2, -0.15) is 0 Å². The lowest BCUT2D eigenvalue weighted by Gasteiger charge is -2.32. The molecule has 220 valence electrons. The Bertz CT molecular complexity index is 1430. The maximum atomic E-state index is 14.0. The molecule has 0 fully saturated rings. The molecule has 0 saturated heterocycles. The van der Waals surface area contributed by atoms with E-state index in [9.17, 15) is 22.4 Å². The van der Waals surface area contributed by atoms with Gasteiger partial charge in [0.1, 0.15) is 18.4 Å². The number of halogens is 1. The summed E-state index contributed by atoms with van der Waals surface area (Å²) in [6, 6.07) is 16.9. The molecule has 9 nitrogen and oxygen atoms in total. The minimum atomic E-state index is -4.29. The van der Waals surface area contributed by atoms with E-state index in [-0.39, 0.29) is 34.8 Å². The summed E-state index contributed by atoms with van der Waals surface area (Å²) in [6.07, 6.45) is 0.690. The van der Waals surface area contributed by atoms with E-state index in [0.717, 1.165) is 4.31 Å². The number of hydrogen-bond acceptors (Lipinski definition) is 6. The molecule has 0 unspecified atom stereocenters. The summed E-state index contributed by atoms with van der Waals surface area (Å²) in [7, 11) is -1.45. The van der Waals surface area contributed by atoms with E-state index in [1.807, 2.05) is 13.8 Å². The summed E-state index contributed by atoms with van der Waals surface area (Å²) < 4.78 is 53.1. The highest BCUT2D eigenvalue weighted by Crippen LogP contribution is 2.32. The number of sulfonamides is 1. The Morgan fingerprint density at radius 2 is 1.56 bits per heavy atom. The van der Waals surface area contributed by atoms with Crippen molar-refractivity contribution in [3.63, 3.8) is 0 Å². The topological polar surface area (TPSA) is 105 Å². The van der Waals surface area contributed by atoms with Gasteiger partial charge in [0, 0.05) is 18.7 Å². The van der Waals surface area contributed by atoms with Gasteiger partial charge in [0.2, 0.25) is 11.8 Å². The molecule has 0 heterocycles. The monoisotopic (exact) mass is 585 g/mol. The Kier molecular flexibility index (Phi) is 10.7. The summed E-state index contributed by atoms with van der Waals surface area (Å²) in [5.74, 6) is -0.884. The fraction of sp³-hybridized carbons (Fsp3) is 0.333. The number of amides is 2. The largest absolute Gasteiger partial charge is 0.493 e. The minimum Gasteiger partial charge on any atom is -0.493 e. The molecule has 0 aliphatic carbocycles. The predicted molar refractivity (Wildman–Crippen MR) is 155 cm³/mol. The highest BCUT2D eigenvalue weighted by atomic mass is 32.2. The van der Waals surface area contributed by atoms with E-state index >= 15 is 0 Å². The summed E-state index contributed by atoms with van der Waals surface area (Å²) >= 11 is 0. The van der Waals surface area contributed by atoms with E-state index in [1.165, 1.54) is 61.6 Å². The maximum absolute atomic E-state index is 14.0. The molecule has 0 bridgehead atoms. The second kappa shape index (κ2) is 14.0. The van der Waals surface area contributed by atoms with Crippen LogP contribution in [0.25, 0.3) is 0 Å². The third-order valence-corrected chi connectivity index (χ3v) is 8.47. The number of anilines is 1. The molecule has 3 aromatic carbocycles. The van der Waals surface area contributed by atoms with E-state index in [2.05, 4.69) is 5.32 Å². The highest BCUT2D eigenvalue weighted by molar-refractivity contribution is 7.92. The Balaban J connectivity index is 2.03. The summed E-state index contributed by atoms with van der Waals surface area (Å²) in [5, 5.41) is 2.87. The van der Waals surface area contributed by atoms with Crippen LogP contribution in [0.4, 0.5) is 10.1 Å². The SMILES string of the molecule is CC[C@H](C)NC(=O)[C@@H](C)N(Cc1ccc(F)cc1)C(=O)CN(c1ccccc1)S(=O)(=O)c1ccc(OC)c(OC)c1. The number of ether oxygens (including phenoxy) is 2. The molecule has 0 radical (unpaired) electrons. The number of carbonyl (C=O) groups excluding carboxylic acids is 2. The lowest BCUT2D eigenvalue weighted by atomic mass is 10.1. The molecule has 1 N–H and O–H groups in total. The number of carbonyl (C=O) groups is 2. The third-order valence-electron chi connectivity index (χ3n) is 6.70. The lowest BCUT2D eigenvalue weighted by molar-refractivity contribution is -0.139. The zero-order valence-corrected chi connectivity index (χ0v) is 24.7. The molecule has 2 atom stereocenters. The Hall–Kier alpha value is -4.12. The van der Waals surface area contributed by atoms with Gasteiger partial charge < -0.3 is 19.7 Å². The van der Waals surface area contributed by atoms with Crippen molar-refractivity contribution >= 4 is 27.5 Å². The van der Waals surface area contributed by atoms with Gasteiger partial charge in [0.15, 0.2) is 11.5 Å². The highest BCUT2D eigenvalue weighted by Gasteiger charge is 2.33. The first-order valence-corrected chi connectivity index (χ1v) is 14.6. The van der Waals surface area contributed by atoms with Crippen molar-refractivity contribution in [2.75, 3.05) is 25.1 Å². The zero-order valence-electron chi connectivity index (χ0n) is 23.8. The van der Waals surface area contributed by atoms with Crippen LogP contribution in [-0.2, 0) is 26.2 Å². The summed E-state index contributed by atoms with van der Waals surface area (Å²) in [4.78, 5) is 28.2. The molecule has 0 saturated carbocycles. The van der Waals surface area contributed by atoms with Gasteiger partial charge in [-0.05, 0) is 62.2 Å².